The molecule has 1 aliphatic heterocycles. The number of hydrogen-bond donors (Lipinski definition) is 1. The van der Waals surface area contributed by atoms with Crippen LogP contribution >= 0.6 is 0 Å². The molecule has 1 N–H and O–H groups in total. The van der Waals surface area contributed by atoms with Crippen molar-refractivity contribution in [3.8, 4) is 5.75 Å². The molecule has 1 fully saturated rings. The van der Waals surface area contributed by atoms with Gasteiger partial charge >= 0.3 is 12.6 Å². The van der Waals surface area contributed by atoms with Gasteiger partial charge in [-0.1, -0.05) is 12.1 Å². The first kappa shape index (κ1) is 19.1. The first-order valence-corrected chi connectivity index (χ1v) is 8.08. The van der Waals surface area contributed by atoms with Gasteiger partial charge in [-0.05, 0) is 37.1 Å². The van der Waals surface area contributed by atoms with Crippen LogP contribution in [-0.2, 0) is 16.1 Å². The molecule has 0 aliphatic carbocycles. The normalized spacial score (nSPS) is 18.2. The molecular weight excluding hydrogens is 334 g/mol. The van der Waals surface area contributed by atoms with Gasteiger partial charge in [-0.3, -0.25) is 14.5 Å². The number of rotatable bonds is 7. The van der Waals surface area contributed by atoms with E-state index in [0.717, 1.165) is 12.0 Å². The summed E-state index contributed by atoms with van der Waals surface area (Å²) in [6.07, 6.45) is 1.41. The highest BCUT2D eigenvalue weighted by molar-refractivity contribution is 5.78. The van der Waals surface area contributed by atoms with E-state index in [0.29, 0.717) is 26.1 Å². The Hall–Kier alpha value is -2.22. The minimum absolute atomic E-state index is 0.0701. The maximum Gasteiger partial charge on any atom is 0.387 e. The molecule has 1 aromatic carbocycles. The van der Waals surface area contributed by atoms with Crippen molar-refractivity contribution < 1.29 is 28.2 Å². The van der Waals surface area contributed by atoms with Gasteiger partial charge in [-0.2, -0.15) is 8.78 Å². The maximum absolute atomic E-state index is 12.3. The highest BCUT2D eigenvalue weighted by Gasteiger charge is 2.27. The summed E-state index contributed by atoms with van der Waals surface area (Å²) in [6.45, 7) is -1.26. The summed E-state index contributed by atoms with van der Waals surface area (Å²) in [4.78, 5) is 26.8. The van der Waals surface area contributed by atoms with Crippen LogP contribution in [0.15, 0.2) is 24.3 Å². The molecule has 1 atom stereocenters. The molecule has 0 bridgehead atoms. The fraction of sp³-hybridized carbons (Fsp3) is 0.529. The molecule has 0 saturated carbocycles. The number of carboxylic acid groups (broad SMARTS) is 1. The number of halogens is 2. The minimum Gasteiger partial charge on any atom is -0.481 e. The predicted octanol–water partition coefficient (Wildman–Crippen LogP) is 2.04. The van der Waals surface area contributed by atoms with Crippen molar-refractivity contribution in [2.75, 3.05) is 26.7 Å². The van der Waals surface area contributed by atoms with Gasteiger partial charge in [0, 0.05) is 20.1 Å². The Morgan fingerprint density at radius 2 is 2.04 bits per heavy atom. The van der Waals surface area contributed by atoms with Crippen molar-refractivity contribution in [1.29, 1.82) is 0 Å². The van der Waals surface area contributed by atoms with E-state index >= 15 is 0 Å². The largest absolute Gasteiger partial charge is 0.481 e. The number of piperidine rings is 1. The van der Waals surface area contributed by atoms with Crippen LogP contribution in [0, 0.1) is 5.92 Å². The van der Waals surface area contributed by atoms with Gasteiger partial charge in [0.25, 0.3) is 0 Å². The third kappa shape index (κ3) is 5.97. The lowest BCUT2D eigenvalue weighted by molar-refractivity contribution is -0.144. The Labute approximate surface area is 145 Å². The van der Waals surface area contributed by atoms with Crippen molar-refractivity contribution in [2.45, 2.75) is 26.0 Å². The summed E-state index contributed by atoms with van der Waals surface area (Å²) in [5.41, 5.74) is 0.791. The highest BCUT2D eigenvalue weighted by Crippen LogP contribution is 2.18. The van der Waals surface area contributed by atoms with E-state index < -0.39 is 18.5 Å². The SMILES string of the molecule is CN(Cc1ccc(OC(F)F)cc1)C(=O)CN1CCCC(C(=O)O)C1. The number of carbonyl (C=O) groups is 2. The van der Waals surface area contributed by atoms with Crippen molar-refractivity contribution in [3.05, 3.63) is 29.8 Å². The number of likely N-dealkylation sites (tertiary alicyclic amines) is 1. The molecule has 1 aromatic rings. The van der Waals surface area contributed by atoms with Gasteiger partial charge in [0.2, 0.25) is 5.91 Å². The average molecular weight is 356 g/mol. The van der Waals surface area contributed by atoms with E-state index in [-0.39, 0.29) is 18.2 Å². The molecule has 1 heterocycles. The second-order valence-electron chi connectivity index (χ2n) is 6.18. The summed E-state index contributed by atoms with van der Waals surface area (Å²) < 4.78 is 28.5. The molecule has 6 nitrogen and oxygen atoms in total. The predicted molar refractivity (Wildman–Crippen MR) is 86.3 cm³/mol. The first-order chi connectivity index (χ1) is 11.8. The van der Waals surface area contributed by atoms with Gasteiger partial charge in [0.15, 0.2) is 0 Å². The number of nitrogens with zero attached hydrogens (tertiary/aromatic N) is 2. The number of aliphatic carboxylic acids is 1. The van der Waals surface area contributed by atoms with Crippen LogP contribution in [0.25, 0.3) is 0 Å². The zero-order chi connectivity index (χ0) is 18.4. The summed E-state index contributed by atoms with van der Waals surface area (Å²) in [5.74, 6) is -1.29. The van der Waals surface area contributed by atoms with E-state index in [1.807, 2.05) is 4.90 Å². The second-order valence-corrected chi connectivity index (χ2v) is 6.18. The van der Waals surface area contributed by atoms with Crippen LogP contribution < -0.4 is 4.74 Å². The van der Waals surface area contributed by atoms with Crippen molar-refractivity contribution in [1.82, 2.24) is 9.80 Å². The third-order valence-corrected chi connectivity index (χ3v) is 4.21. The molecule has 1 amide bonds. The molecule has 0 spiro atoms. The Bertz CT molecular complexity index is 595. The lowest BCUT2D eigenvalue weighted by Gasteiger charge is -2.31. The quantitative estimate of drug-likeness (QED) is 0.810. The van der Waals surface area contributed by atoms with E-state index in [1.54, 1.807) is 19.2 Å². The van der Waals surface area contributed by atoms with Gasteiger partial charge < -0.3 is 14.7 Å². The Morgan fingerprint density at radius 1 is 1.36 bits per heavy atom. The van der Waals surface area contributed by atoms with Gasteiger partial charge in [-0.15, -0.1) is 0 Å². The number of carboxylic acids is 1. The van der Waals surface area contributed by atoms with E-state index in [4.69, 9.17) is 5.11 Å². The standard InChI is InChI=1S/C17H22F2N2O4/c1-20(9-12-4-6-14(7-5-12)25-17(18)19)15(22)11-21-8-2-3-13(10-21)16(23)24/h4-7,13,17H,2-3,8-11H2,1H3,(H,23,24). The number of hydrogen-bond acceptors (Lipinski definition) is 4. The first-order valence-electron chi connectivity index (χ1n) is 8.08. The Kier molecular flexibility index (Phi) is 6.69. The molecule has 25 heavy (non-hydrogen) atoms. The summed E-state index contributed by atoms with van der Waals surface area (Å²) in [6, 6.07) is 6.12. The lowest BCUT2D eigenvalue weighted by Crippen LogP contribution is -2.44. The van der Waals surface area contributed by atoms with Crippen molar-refractivity contribution in [3.63, 3.8) is 0 Å². The number of benzene rings is 1. The molecule has 0 radical (unpaired) electrons. The fourth-order valence-corrected chi connectivity index (χ4v) is 2.85. The number of alkyl halides is 2. The number of amides is 1. The van der Waals surface area contributed by atoms with Crippen LogP contribution in [0.4, 0.5) is 8.78 Å². The van der Waals surface area contributed by atoms with Crippen LogP contribution in [0.3, 0.4) is 0 Å². The number of likely N-dealkylation sites (N-methyl/N-ethyl adjacent to an activating group) is 1. The zero-order valence-corrected chi connectivity index (χ0v) is 14.0. The maximum atomic E-state index is 12.3. The Balaban J connectivity index is 1.84. The zero-order valence-electron chi connectivity index (χ0n) is 14.0. The number of ether oxygens (including phenoxy) is 1. The van der Waals surface area contributed by atoms with Crippen molar-refractivity contribution in [2.24, 2.45) is 5.92 Å². The summed E-state index contributed by atoms with van der Waals surface area (Å²) >= 11 is 0. The monoisotopic (exact) mass is 356 g/mol. The van der Waals surface area contributed by atoms with E-state index in [1.165, 1.54) is 17.0 Å². The average Bonchev–Trinajstić information content (AvgIpc) is 2.56. The van der Waals surface area contributed by atoms with Crippen LogP contribution in [0.2, 0.25) is 0 Å². The number of carbonyl (C=O) groups excluding carboxylic acids is 1. The van der Waals surface area contributed by atoms with Crippen LogP contribution in [-0.4, -0.2) is 60.1 Å². The summed E-state index contributed by atoms with van der Waals surface area (Å²) in [5, 5.41) is 9.09. The van der Waals surface area contributed by atoms with Crippen molar-refractivity contribution >= 4 is 11.9 Å². The summed E-state index contributed by atoms with van der Waals surface area (Å²) in [7, 11) is 1.66. The minimum atomic E-state index is -2.87. The molecular formula is C17H22F2N2O4. The fourth-order valence-electron chi connectivity index (χ4n) is 2.85. The molecule has 1 aliphatic rings. The molecule has 138 valence electrons. The molecule has 2 rings (SSSR count). The molecule has 0 aromatic heterocycles. The molecule has 8 heteroatoms. The van der Waals surface area contributed by atoms with Gasteiger partial charge in [0.1, 0.15) is 5.75 Å². The van der Waals surface area contributed by atoms with Gasteiger partial charge in [-0.25, -0.2) is 0 Å². The van der Waals surface area contributed by atoms with E-state index in [2.05, 4.69) is 4.74 Å². The molecule has 1 unspecified atom stereocenters. The van der Waals surface area contributed by atoms with Crippen LogP contribution in [0.5, 0.6) is 5.75 Å². The Morgan fingerprint density at radius 3 is 2.64 bits per heavy atom. The van der Waals surface area contributed by atoms with E-state index in [9.17, 15) is 18.4 Å². The second kappa shape index (κ2) is 8.75. The molecule has 1 saturated heterocycles. The third-order valence-electron chi connectivity index (χ3n) is 4.21. The smallest absolute Gasteiger partial charge is 0.387 e. The lowest BCUT2D eigenvalue weighted by atomic mass is 9.98. The van der Waals surface area contributed by atoms with Gasteiger partial charge in [0.05, 0.1) is 12.5 Å². The highest BCUT2D eigenvalue weighted by atomic mass is 19.3. The van der Waals surface area contributed by atoms with Crippen LogP contribution in [0.1, 0.15) is 18.4 Å². The topological polar surface area (TPSA) is 70.1 Å².